The molecule has 0 radical (unpaired) electrons. The van der Waals surface area contributed by atoms with Gasteiger partial charge in [0.15, 0.2) is 0 Å². The van der Waals surface area contributed by atoms with Crippen molar-refractivity contribution in [3.63, 3.8) is 0 Å². The highest BCUT2D eigenvalue weighted by Crippen LogP contribution is 2.28. The number of para-hydroxylation sites is 1. The van der Waals surface area contributed by atoms with E-state index in [1.165, 1.54) is 42.5 Å². The molecule has 3 N–H and O–H groups in total. The summed E-state index contributed by atoms with van der Waals surface area (Å²) in [5.41, 5.74) is 12.3. The van der Waals surface area contributed by atoms with Crippen LogP contribution in [-0.4, -0.2) is 0 Å². The smallest absolute Gasteiger partial charge is 0.0421 e. The molecule has 0 amide bonds. The molecule has 0 saturated heterocycles. The van der Waals surface area contributed by atoms with Crippen LogP contribution in [0.2, 0.25) is 0 Å². The van der Waals surface area contributed by atoms with Crippen molar-refractivity contribution in [1.82, 2.24) is 0 Å². The van der Waals surface area contributed by atoms with Crippen molar-refractivity contribution in [3.05, 3.63) is 59.2 Å². The Morgan fingerprint density at radius 2 is 1.79 bits per heavy atom. The first-order valence-corrected chi connectivity index (χ1v) is 7.02. The number of anilines is 2. The fourth-order valence-electron chi connectivity index (χ4n) is 2.83. The monoisotopic (exact) mass is 252 g/mol. The number of rotatable bonds is 3. The Balaban J connectivity index is 1.79. The van der Waals surface area contributed by atoms with Crippen molar-refractivity contribution in [2.45, 2.75) is 32.2 Å². The van der Waals surface area contributed by atoms with Gasteiger partial charge in [-0.3, -0.25) is 0 Å². The summed E-state index contributed by atoms with van der Waals surface area (Å²) < 4.78 is 0. The SMILES string of the molecule is Nc1ccccc1CNc1cccc2c1CCCC2. The fraction of sp³-hybridized carbons (Fsp3) is 0.294. The Kier molecular flexibility index (Phi) is 3.41. The summed E-state index contributed by atoms with van der Waals surface area (Å²) in [6.45, 7) is 0.795. The molecule has 0 fully saturated rings. The van der Waals surface area contributed by atoms with E-state index in [1.807, 2.05) is 18.2 Å². The van der Waals surface area contributed by atoms with Crippen molar-refractivity contribution in [3.8, 4) is 0 Å². The normalized spacial score (nSPS) is 13.9. The molecule has 0 bridgehead atoms. The molecule has 2 heteroatoms. The lowest BCUT2D eigenvalue weighted by molar-refractivity contribution is 0.686. The third-order valence-electron chi connectivity index (χ3n) is 3.92. The van der Waals surface area contributed by atoms with Crippen molar-refractivity contribution in [1.29, 1.82) is 0 Å². The van der Waals surface area contributed by atoms with Gasteiger partial charge in [-0.2, -0.15) is 0 Å². The van der Waals surface area contributed by atoms with E-state index < -0.39 is 0 Å². The first kappa shape index (κ1) is 12.1. The zero-order valence-electron chi connectivity index (χ0n) is 11.2. The van der Waals surface area contributed by atoms with Crippen LogP contribution in [-0.2, 0) is 19.4 Å². The molecule has 0 aromatic heterocycles. The lowest BCUT2D eigenvalue weighted by atomic mass is 9.90. The topological polar surface area (TPSA) is 38.0 Å². The molecule has 19 heavy (non-hydrogen) atoms. The average molecular weight is 252 g/mol. The maximum atomic E-state index is 5.98. The largest absolute Gasteiger partial charge is 0.398 e. The first-order chi connectivity index (χ1) is 9.34. The highest BCUT2D eigenvalue weighted by atomic mass is 14.9. The second kappa shape index (κ2) is 5.35. The highest BCUT2D eigenvalue weighted by Gasteiger charge is 2.12. The zero-order valence-corrected chi connectivity index (χ0v) is 11.2. The predicted octanol–water partition coefficient (Wildman–Crippen LogP) is 3.76. The average Bonchev–Trinajstić information content (AvgIpc) is 2.46. The number of aryl methyl sites for hydroxylation is 1. The second-order valence-corrected chi connectivity index (χ2v) is 5.20. The molecule has 2 nitrogen and oxygen atoms in total. The molecule has 1 aliphatic carbocycles. The molecule has 0 aliphatic heterocycles. The van der Waals surface area contributed by atoms with E-state index in [9.17, 15) is 0 Å². The highest BCUT2D eigenvalue weighted by molar-refractivity contribution is 5.57. The minimum absolute atomic E-state index is 0.795. The summed E-state index contributed by atoms with van der Waals surface area (Å²) in [5.74, 6) is 0. The second-order valence-electron chi connectivity index (χ2n) is 5.20. The van der Waals surface area contributed by atoms with E-state index >= 15 is 0 Å². The van der Waals surface area contributed by atoms with Gasteiger partial charge < -0.3 is 11.1 Å². The van der Waals surface area contributed by atoms with Crippen molar-refractivity contribution in [2.24, 2.45) is 0 Å². The molecule has 3 rings (SSSR count). The number of nitrogens with one attached hydrogen (secondary N) is 1. The molecule has 0 atom stereocenters. The van der Waals surface area contributed by atoms with Gasteiger partial charge >= 0.3 is 0 Å². The maximum absolute atomic E-state index is 5.98. The molecular weight excluding hydrogens is 232 g/mol. The van der Waals surface area contributed by atoms with E-state index in [0.29, 0.717) is 0 Å². The summed E-state index contributed by atoms with van der Waals surface area (Å²) in [6, 6.07) is 14.6. The number of benzene rings is 2. The van der Waals surface area contributed by atoms with Gasteiger partial charge in [-0.15, -0.1) is 0 Å². The molecule has 0 spiro atoms. The van der Waals surface area contributed by atoms with E-state index in [4.69, 9.17) is 5.73 Å². The Morgan fingerprint density at radius 1 is 0.947 bits per heavy atom. The summed E-state index contributed by atoms with van der Waals surface area (Å²) in [5, 5.41) is 3.55. The molecule has 1 aliphatic rings. The summed E-state index contributed by atoms with van der Waals surface area (Å²) >= 11 is 0. The third-order valence-corrected chi connectivity index (χ3v) is 3.92. The van der Waals surface area contributed by atoms with Gasteiger partial charge in [0.2, 0.25) is 0 Å². The van der Waals surface area contributed by atoms with E-state index in [1.54, 1.807) is 0 Å². The summed E-state index contributed by atoms with van der Waals surface area (Å²) in [7, 11) is 0. The molecular formula is C17H20N2. The van der Waals surface area contributed by atoms with Crippen LogP contribution in [0.4, 0.5) is 11.4 Å². The minimum Gasteiger partial charge on any atom is -0.398 e. The summed E-state index contributed by atoms with van der Waals surface area (Å²) in [6.07, 6.45) is 5.04. The number of nitrogen functional groups attached to an aromatic ring is 1. The number of fused-ring (bicyclic) bond motifs is 1. The molecule has 0 heterocycles. The standard InChI is InChI=1S/C17H20N2/c18-16-10-4-2-7-14(16)12-19-17-11-5-8-13-6-1-3-9-15(13)17/h2,4-5,7-8,10-11,19H,1,3,6,9,12,18H2. The zero-order chi connectivity index (χ0) is 13.1. The molecule has 0 unspecified atom stereocenters. The molecule has 2 aromatic carbocycles. The van der Waals surface area contributed by atoms with Gasteiger partial charge in [-0.05, 0) is 54.5 Å². The van der Waals surface area contributed by atoms with Gasteiger partial charge in [0, 0.05) is 17.9 Å². The van der Waals surface area contributed by atoms with Gasteiger partial charge in [0.05, 0.1) is 0 Å². The van der Waals surface area contributed by atoms with Crippen LogP contribution >= 0.6 is 0 Å². The van der Waals surface area contributed by atoms with Crippen LogP contribution in [0.3, 0.4) is 0 Å². The third kappa shape index (κ3) is 2.58. The van der Waals surface area contributed by atoms with E-state index in [-0.39, 0.29) is 0 Å². The van der Waals surface area contributed by atoms with E-state index in [2.05, 4.69) is 29.6 Å². The van der Waals surface area contributed by atoms with Crippen LogP contribution in [0, 0.1) is 0 Å². The van der Waals surface area contributed by atoms with Crippen LogP contribution < -0.4 is 11.1 Å². The number of nitrogens with two attached hydrogens (primary N) is 1. The van der Waals surface area contributed by atoms with Crippen LogP contribution in [0.1, 0.15) is 29.5 Å². The lowest BCUT2D eigenvalue weighted by Gasteiger charge is -2.20. The Labute approximate surface area is 114 Å². The van der Waals surface area contributed by atoms with Crippen LogP contribution in [0.25, 0.3) is 0 Å². The van der Waals surface area contributed by atoms with Gasteiger partial charge in [0.25, 0.3) is 0 Å². The minimum atomic E-state index is 0.795. The summed E-state index contributed by atoms with van der Waals surface area (Å²) in [4.78, 5) is 0. The predicted molar refractivity (Wildman–Crippen MR) is 81.3 cm³/mol. The van der Waals surface area contributed by atoms with Crippen LogP contribution in [0.5, 0.6) is 0 Å². The van der Waals surface area contributed by atoms with Crippen LogP contribution in [0.15, 0.2) is 42.5 Å². The Bertz CT molecular complexity index is 575. The first-order valence-electron chi connectivity index (χ1n) is 7.02. The van der Waals surface area contributed by atoms with E-state index in [0.717, 1.165) is 17.8 Å². The number of hydrogen-bond acceptors (Lipinski definition) is 2. The Morgan fingerprint density at radius 3 is 2.68 bits per heavy atom. The van der Waals surface area contributed by atoms with Gasteiger partial charge in [-0.25, -0.2) is 0 Å². The quantitative estimate of drug-likeness (QED) is 0.816. The number of hydrogen-bond donors (Lipinski definition) is 2. The van der Waals surface area contributed by atoms with Gasteiger partial charge in [-0.1, -0.05) is 30.3 Å². The molecule has 0 saturated carbocycles. The Hall–Kier alpha value is -1.96. The van der Waals surface area contributed by atoms with Crippen molar-refractivity contribution >= 4 is 11.4 Å². The molecule has 2 aromatic rings. The van der Waals surface area contributed by atoms with Gasteiger partial charge in [0.1, 0.15) is 0 Å². The molecule has 98 valence electrons. The maximum Gasteiger partial charge on any atom is 0.0421 e. The van der Waals surface area contributed by atoms with Crippen molar-refractivity contribution < 1.29 is 0 Å². The van der Waals surface area contributed by atoms with Crippen molar-refractivity contribution in [2.75, 3.05) is 11.1 Å². The lowest BCUT2D eigenvalue weighted by Crippen LogP contribution is -2.09. The fourth-order valence-corrected chi connectivity index (χ4v) is 2.83.